The van der Waals surface area contributed by atoms with Crippen molar-refractivity contribution in [3.8, 4) is 11.1 Å². The van der Waals surface area contributed by atoms with Crippen LogP contribution >= 0.6 is 0 Å². The third kappa shape index (κ3) is 4.98. The van der Waals surface area contributed by atoms with Crippen LogP contribution in [-0.4, -0.2) is 18.2 Å². The van der Waals surface area contributed by atoms with Gasteiger partial charge in [-0.15, -0.1) is 0 Å². The number of anilines is 1. The van der Waals surface area contributed by atoms with Gasteiger partial charge in [-0.3, -0.25) is 5.32 Å². The van der Waals surface area contributed by atoms with E-state index in [1.165, 1.54) is 56.3 Å². The Bertz CT molecular complexity index is 2070. The molecule has 1 N–H and O–H groups in total. The van der Waals surface area contributed by atoms with Crippen LogP contribution in [0.25, 0.3) is 28.0 Å². The fourth-order valence-corrected chi connectivity index (χ4v) is 9.01. The zero-order valence-electron chi connectivity index (χ0n) is 27.5. The first kappa shape index (κ1) is 29.2. The summed E-state index contributed by atoms with van der Waals surface area (Å²) in [4.78, 5) is 2.62. The van der Waals surface area contributed by atoms with Crippen molar-refractivity contribution in [2.75, 3.05) is 4.90 Å². The summed E-state index contributed by atoms with van der Waals surface area (Å²) in [5.41, 5.74) is 11.3. The van der Waals surface area contributed by atoms with Gasteiger partial charge in [0.1, 0.15) is 6.17 Å². The number of nitrogens with one attached hydrogen (secondary N) is 1. The maximum atomic E-state index is 4.08. The van der Waals surface area contributed by atoms with Crippen LogP contribution in [0.2, 0.25) is 0 Å². The summed E-state index contributed by atoms with van der Waals surface area (Å²) in [6.45, 7) is 2.45. The summed E-state index contributed by atoms with van der Waals surface area (Å²) >= 11 is 0. The minimum absolute atomic E-state index is 0.109. The van der Waals surface area contributed by atoms with Gasteiger partial charge in [-0.2, -0.15) is 0 Å². The minimum atomic E-state index is 0.109. The van der Waals surface area contributed by atoms with E-state index < -0.39 is 0 Å². The van der Waals surface area contributed by atoms with Crippen molar-refractivity contribution in [2.24, 2.45) is 5.92 Å². The topological polar surface area (TPSA) is 15.3 Å². The highest BCUT2D eigenvalue weighted by atomic mass is 15.4. The molecule has 3 aliphatic carbocycles. The van der Waals surface area contributed by atoms with Gasteiger partial charge in [0.15, 0.2) is 0 Å². The molecular formula is C46H42N2. The van der Waals surface area contributed by atoms with Crippen LogP contribution in [0.5, 0.6) is 0 Å². The fourth-order valence-electron chi connectivity index (χ4n) is 9.01. The zero-order chi connectivity index (χ0) is 32.0. The normalized spacial score (nSPS) is 25.9. The molecule has 2 nitrogen and oxygen atoms in total. The Labute approximate surface area is 284 Å². The maximum Gasteiger partial charge on any atom is 0.103 e. The van der Waals surface area contributed by atoms with Gasteiger partial charge in [0.2, 0.25) is 0 Å². The average Bonchev–Trinajstić information content (AvgIpc) is 3.54. The van der Waals surface area contributed by atoms with Gasteiger partial charge >= 0.3 is 0 Å². The Morgan fingerprint density at radius 1 is 0.646 bits per heavy atom. The average molecular weight is 623 g/mol. The Kier molecular flexibility index (Phi) is 7.47. The highest BCUT2D eigenvalue weighted by Gasteiger charge is 2.43. The number of hydrogen-bond donors (Lipinski definition) is 1. The first-order valence-electron chi connectivity index (χ1n) is 17.8. The van der Waals surface area contributed by atoms with Crippen molar-refractivity contribution in [1.29, 1.82) is 0 Å². The second kappa shape index (κ2) is 12.3. The van der Waals surface area contributed by atoms with E-state index in [9.17, 15) is 0 Å². The molecule has 5 aromatic carbocycles. The van der Waals surface area contributed by atoms with Crippen molar-refractivity contribution >= 4 is 22.5 Å². The van der Waals surface area contributed by atoms with Crippen LogP contribution in [-0.2, 0) is 6.42 Å². The van der Waals surface area contributed by atoms with E-state index in [2.05, 4.69) is 175 Å². The van der Waals surface area contributed by atoms with E-state index in [4.69, 9.17) is 0 Å². The minimum Gasteiger partial charge on any atom is -0.344 e. The van der Waals surface area contributed by atoms with Crippen LogP contribution < -0.4 is 10.2 Å². The van der Waals surface area contributed by atoms with Gasteiger partial charge in [-0.25, -0.2) is 0 Å². The van der Waals surface area contributed by atoms with Crippen LogP contribution in [0.4, 0.5) is 5.69 Å². The maximum absolute atomic E-state index is 4.08. The van der Waals surface area contributed by atoms with Crippen LogP contribution in [0.1, 0.15) is 53.9 Å². The first-order chi connectivity index (χ1) is 23.7. The third-order valence-electron chi connectivity index (χ3n) is 11.2. The molecule has 1 saturated heterocycles. The van der Waals surface area contributed by atoms with Gasteiger partial charge in [-0.1, -0.05) is 153 Å². The second-order valence-electron chi connectivity index (χ2n) is 14.0. The smallest absolute Gasteiger partial charge is 0.103 e. The third-order valence-corrected chi connectivity index (χ3v) is 11.2. The van der Waals surface area contributed by atoms with Gasteiger partial charge < -0.3 is 4.90 Å². The number of fused-ring (bicyclic) bond motifs is 3. The van der Waals surface area contributed by atoms with Gasteiger partial charge in [-0.05, 0) is 87.0 Å². The molecule has 0 spiro atoms. The van der Waals surface area contributed by atoms with E-state index >= 15 is 0 Å². The van der Waals surface area contributed by atoms with E-state index in [1.54, 1.807) is 5.56 Å². The fraction of sp³-hybridized carbons (Fsp3) is 0.217. The molecule has 5 aromatic rings. The molecular weight excluding hydrogens is 581 g/mol. The number of allylic oxidation sites excluding steroid dienone is 4. The van der Waals surface area contributed by atoms with Crippen LogP contribution in [0, 0.1) is 5.92 Å². The molecule has 6 atom stereocenters. The lowest BCUT2D eigenvalue weighted by molar-refractivity contribution is 0.545. The molecule has 2 heteroatoms. The lowest BCUT2D eigenvalue weighted by Gasteiger charge is -2.38. The summed E-state index contributed by atoms with van der Waals surface area (Å²) in [6, 6.07) is 42.9. The molecule has 1 fully saturated rings. The summed E-state index contributed by atoms with van der Waals surface area (Å²) in [5, 5.41) is 6.85. The molecule has 1 heterocycles. The van der Waals surface area contributed by atoms with Gasteiger partial charge in [0.05, 0.1) is 12.1 Å². The van der Waals surface area contributed by atoms with E-state index in [0.717, 1.165) is 12.8 Å². The molecule has 0 amide bonds. The van der Waals surface area contributed by atoms with Crippen molar-refractivity contribution in [3.05, 3.63) is 180 Å². The highest BCUT2D eigenvalue weighted by Crippen LogP contribution is 2.49. The van der Waals surface area contributed by atoms with Crippen LogP contribution in [0.3, 0.4) is 0 Å². The Balaban J connectivity index is 1.23. The Morgan fingerprint density at radius 2 is 1.29 bits per heavy atom. The summed E-state index contributed by atoms with van der Waals surface area (Å²) in [6.07, 6.45) is 20.2. The quantitative estimate of drug-likeness (QED) is 0.196. The monoisotopic (exact) mass is 622 g/mol. The van der Waals surface area contributed by atoms with E-state index in [1.807, 2.05) is 0 Å². The molecule has 0 aromatic heterocycles. The predicted octanol–water partition coefficient (Wildman–Crippen LogP) is 10.6. The van der Waals surface area contributed by atoms with E-state index in [0.29, 0.717) is 17.8 Å². The molecule has 0 bridgehead atoms. The zero-order valence-corrected chi connectivity index (χ0v) is 27.5. The lowest BCUT2D eigenvalue weighted by atomic mass is 9.71. The molecule has 4 aliphatic rings. The number of benzene rings is 5. The molecule has 1 aliphatic heterocycles. The summed E-state index contributed by atoms with van der Waals surface area (Å²) < 4.78 is 0. The van der Waals surface area contributed by atoms with Crippen molar-refractivity contribution in [1.82, 2.24) is 5.32 Å². The lowest BCUT2D eigenvalue weighted by Crippen LogP contribution is -2.42. The van der Waals surface area contributed by atoms with E-state index in [-0.39, 0.29) is 18.2 Å². The highest BCUT2D eigenvalue weighted by molar-refractivity contribution is 6.04. The molecule has 236 valence electrons. The number of para-hydroxylation sites is 1. The molecule has 6 unspecified atom stereocenters. The van der Waals surface area contributed by atoms with Crippen molar-refractivity contribution in [2.45, 2.75) is 56.3 Å². The first-order valence-corrected chi connectivity index (χ1v) is 17.8. The molecule has 9 rings (SSSR count). The molecule has 0 saturated carbocycles. The molecule has 0 radical (unpaired) electrons. The van der Waals surface area contributed by atoms with Crippen molar-refractivity contribution < 1.29 is 0 Å². The van der Waals surface area contributed by atoms with Crippen LogP contribution in [0.15, 0.2) is 157 Å². The second-order valence-corrected chi connectivity index (χ2v) is 14.0. The largest absolute Gasteiger partial charge is 0.344 e. The van der Waals surface area contributed by atoms with Crippen molar-refractivity contribution in [3.63, 3.8) is 0 Å². The number of hydrogen-bond acceptors (Lipinski definition) is 2. The standard InChI is InChI=1S/C46H42N2/c1-31-29-40-41(30-39(31)46-47-42-23-13-14-24-43(42)48(46)36-19-9-4-10-20-36)44(34-17-7-3-8-18-34)37-21-11-12-22-38(37)45(40)35-27-25-33(26-28-35)32-15-5-2-6-16-32/h2-25,27,30-31,33,35,42-43,46-47H,26,28-29H2,1H3. The summed E-state index contributed by atoms with van der Waals surface area (Å²) in [7, 11) is 0. The Hall–Kier alpha value is -4.92. The van der Waals surface area contributed by atoms with Gasteiger partial charge in [0, 0.05) is 17.5 Å². The Morgan fingerprint density at radius 3 is 2.04 bits per heavy atom. The number of nitrogens with zero attached hydrogens (tertiary/aromatic N) is 1. The molecule has 48 heavy (non-hydrogen) atoms. The summed E-state index contributed by atoms with van der Waals surface area (Å²) in [5.74, 6) is 1.28. The predicted molar refractivity (Wildman–Crippen MR) is 202 cm³/mol. The SMILES string of the molecule is CC1Cc2c(c(-c3ccccc3)c3ccccc3c2C2C=CC(c3ccccc3)CC2)C=C1C1NC2C=CC=CC2N1c1ccccc1. The van der Waals surface area contributed by atoms with Gasteiger partial charge in [0.25, 0.3) is 0 Å². The number of rotatable bonds is 5.